The molecule has 0 aromatic carbocycles. The van der Waals surface area contributed by atoms with Gasteiger partial charge in [-0.05, 0) is 19.8 Å². The van der Waals surface area contributed by atoms with Crippen molar-refractivity contribution < 1.29 is 13.2 Å². The fraction of sp³-hybridized carbons (Fsp3) is 0.727. The number of ether oxygens (including phenoxy) is 1. The van der Waals surface area contributed by atoms with Crippen LogP contribution in [-0.2, 0) is 21.3 Å². The summed E-state index contributed by atoms with van der Waals surface area (Å²) in [6.07, 6.45) is 3.32. The average Bonchev–Trinajstić information content (AvgIpc) is 2.98. The molecule has 1 aliphatic rings. The molecule has 108 valence electrons. The monoisotopic (exact) mass is 288 g/mol. The van der Waals surface area contributed by atoms with E-state index in [2.05, 4.69) is 5.10 Å². The van der Waals surface area contributed by atoms with Crippen LogP contribution in [-0.4, -0.2) is 48.8 Å². The van der Waals surface area contributed by atoms with Crippen LogP contribution in [0.3, 0.4) is 0 Å². The molecule has 7 nitrogen and oxygen atoms in total. The Hall–Kier alpha value is -1.12. The summed E-state index contributed by atoms with van der Waals surface area (Å²) in [5.74, 6) is 0.0426. The Morgan fingerprint density at radius 3 is 2.89 bits per heavy atom. The Morgan fingerprint density at radius 2 is 2.37 bits per heavy atom. The number of rotatable bonds is 5. The predicted molar refractivity (Wildman–Crippen MR) is 71.1 cm³/mol. The summed E-state index contributed by atoms with van der Waals surface area (Å²) >= 11 is 0. The SMILES string of the molecule is CCn1cc(S(=O)(=O)N(C)CC2CCCO2)c(N)n1. The number of aryl methyl sites for hydroxylation is 1. The minimum atomic E-state index is -3.60. The first-order chi connectivity index (χ1) is 8.95. The van der Waals surface area contributed by atoms with E-state index in [0.29, 0.717) is 19.7 Å². The molecule has 8 heteroatoms. The Kier molecular flexibility index (Phi) is 4.12. The molecule has 1 aliphatic heterocycles. The number of nitrogens with two attached hydrogens (primary N) is 1. The van der Waals surface area contributed by atoms with Gasteiger partial charge in [-0.15, -0.1) is 0 Å². The molecule has 1 atom stereocenters. The lowest BCUT2D eigenvalue weighted by molar-refractivity contribution is 0.0979. The molecule has 0 aliphatic carbocycles. The molecule has 0 radical (unpaired) electrons. The van der Waals surface area contributed by atoms with Crippen molar-refractivity contribution in [2.24, 2.45) is 0 Å². The number of hydrogen-bond acceptors (Lipinski definition) is 5. The molecule has 1 unspecified atom stereocenters. The summed E-state index contributed by atoms with van der Waals surface area (Å²) in [7, 11) is -2.06. The first-order valence-electron chi connectivity index (χ1n) is 6.36. The molecule has 0 bridgehead atoms. The second-order valence-corrected chi connectivity index (χ2v) is 6.67. The maximum absolute atomic E-state index is 12.4. The maximum Gasteiger partial charge on any atom is 0.248 e. The minimum Gasteiger partial charge on any atom is -0.381 e. The van der Waals surface area contributed by atoms with Gasteiger partial charge in [0.2, 0.25) is 10.0 Å². The summed E-state index contributed by atoms with van der Waals surface area (Å²) in [6.45, 7) is 3.50. The van der Waals surface area contributed by atoms with E-state index in [-0.39, 0.29) is 16.8 Å². The normalized spacial score (nSPS) is 20.3. The maximum atomic E-state index is 12.4. The molecular weight excluding hydrogens is 268 g/mol. The molecule has 19 heavy (non-hydrogen) atoms. The molecule has 0 spiro atoms. The second kappa shape index (κ2) is 5.48. The van der Waals surface area contributed by atoms with Crippen LogP contribution in [0, 0.1) is 0 Å². The van der Waals surface area contributed by atoms with Crippen LogP contribution < -0.4 is 5.73 Å². The van der Waals surface area contributed by atoms with Crippen molar-refractivity contribution in [2.75, 3.05) is 25.9 Å². The Labute approximate surface area is 113 Å². The van der Waals surface area contributed by atoms with E-state index in [0.717, 1.165) is 12.8 Å². The third-order valence-corrected chi connectivity index (χ3v) is 5.09. The van der Waals surface area contributed by atoms with E-state index in [9.17, 15) is 8.42 Å². The number of aromatic nitrogens is 2. The highest BCUT2D eigenvalue weighted by Gasteiger charge is 2.29. The van der Waals surface area contributed by atoms with Crippen LogP contribution in [0.25, 0.3) is 0 Å². The van der Waals surface area contributed by atoms with Crippen LogP contribution in [0.2, 0.25) is 0 Å². The van der Waals surface area contributed by atoms with Crippen molar-refractivity contribution in [3.63, 3.8) is 0 Å². The number of hydrogen-bond donors (Lipinski definition) is 1. The van der Waals surface area contributed by atoms with Crippen LogP contribution in [0.1, 0.15) is 19.8 Å². The molecule has 1 aromatic heterocycles. The summed E-state index contributed by atoms with van der Waals surface area (Å²) in [5, 5.41) is 3.97. The number of sulfonamides is 1. The van der Waals surface area contributed by atoms with E-state index >= 15 is 0 Å². The van der Waals surface area contributed by atoms with Gasteiger partial charge < -0.3 is 10.5 Å². The summed E-state index contributed by atoms with van der Waals surface area (Å²) < 4.78 is 33.1. The molecule has 2 heterocycles. The summed E-state index contributed by atoms with van der Waals surface area (Å²) in [5.41, 5.74) is 5.68. The first kappa shape index (κ1) is 14.3. The van der Waals surface area contributed by atoms with Gasteiger partial charge in [-0.25, -0.2) is 8.42 Å². The largest absolute Gasteiger partial charge is 0.381 e. The van der Waals surface area contributed by atoms with Crippen LogP contribution in [0.15, 0.2) is 11.1 Å². The quantitative estimate of drug-likeness (QED) is 0.840. The molecule has 2 rings (SSSR count). The number of likely N-dealkylation sites (N-methyl/N-ethyl adjacent to an activating group) is 1. The highest BCUT2D eigenvalue weighted by molar-refractivity contribution is 7.89. The van der Waals surface area contributed by atoms with Crippen LogP contribution >= 0.6 is 0 Å². The van der Waals surface area contributed by atoms with Gasteiger partial charge in [-0.3, -0.25) is 4.68 Å². The molecule has 2 N–H and O–H groups in total. The third-order valence-electron chi connectivity index (χ3n) is 3.25. The fourth-order valence-corrected chi connectivity index (χ4v) is 3.38. The molecule has 1 fully saturated rings. The molecule has 0 saturated carbocycles. The van der Waals surface area contributed by atoms with E-state index in [1.165, 1.54) is 15.2 Å². The highest BCUT2D eigenvalue weighted by Crippen LogP contribution is 2.22. The van der Waals surface area contributed by atoms with Crippen molar-refractivity contribution in [2.45, 2.75) is 37.3 Å². The smallest absolute Gasteiger partial charge is 0.248 e. The topological polar surface area (TPSA) is 90.5 Å². The van der Waals surface area contributed by atoms with Crippen molar-refractivity contribution in [3.8, 4) is 0 Å². The molecule has 1 saturated heterocycles. The van der Waals surface area contributed by atoms with E-state index in [4.69, 9.17) is 10.5 Å². The van der Waals surface area contributed by atoms with Gasteiger partial charge in [-0.2, -0.15) is 9.40 Å². The Morgan fingerprint density at radius 1 is 1.63 bits per heavy atom. The van der Waals surface area contributed by atoms with Crippen molar-refractivity contribution in [1.82, 2.24) is 14.1 Å². The summed E-state index contributed by atoms with van der Waals surface area (Å²) in [4.78, 5) is 0.0647. The zero-order valence-electron chi connectivity index (χ0n) is 11.2. The van der Waals surface area contributed by atoms with E-state index < -0.39 is 10.0 Å². The second-order valence-electron chi connectivity index (χ2n) is 4.65. The average molecular weight is 288 g/mol. The fourth-order valence-electron chi connectivity index (χ4n) is 2.12. The van der Waals surface area contributed by atoms with Gasteiger partial charge in [0, 0.05) is 32.9 Å². The lowest BCUT2D eigenvalue weighted by Crippen LogP contribution is -2.34. The van der Waals surface area contributed by atoms with Gasteiger partial charge in [0.15, 0.2) is 5.82 Å². The number of nitrogens with zero attached hydrogens (tertiary/aromatic N) is 3. The van der Waals surface area contributed by atoms with Crippen LogP contribution in [0.4, 0.5) is 5.82 Å². The summed E-state index contributed by atoms with van der Waals surface area (Å²) in [6, 6.07) is 0. The van der Waals surface area contributed by atoms with Crippen molar-refractivity contribution in [3.05, 3.63) is 6.20 Å². The van der Waals surface area contributed by atoms with Crippen LogP contribution in [0.5, 0.6) is 0 Å². The zero-order valence-corrected chi connectivity index (χ0v) is 12.1. The predicted octanol–water partition coefficient (Wildman–Crippen LogP) is 0.285. The van der Waals surface area contributed by atoms with Gasteiger partial charge in [0.25, 0.3) is 0 Å². The highest BCUT2D eigenvalue weighted by atomic mass is 32.2. The van der Waals surface area contributed by atoms with Gasteiger partial charge in [-0.1, -0.05) is 0 Å². The lowest BCUT2D eigenvalue weighted by Gasteiger charge is -2.19. The van der Waals surface area contributed by atoms with Gasteiger partial charge in [0.1, 0.15) is 4.90 Å². The number of anilines is 1. The molecular formula is C11H20N4O3S. The first-order valence-corrected chi connectivity index (χ1v) is 7.80. The van der Waals surface area contributed by atoms with Crippen molar-refractivity contribution >= 4 is 15.8 Å². The third kappa shape index (κ3) is 2.90. The minimum absolute atomic E-state index is 0.0257. The standard InChI is InChI=1S/C11H20N4O3S/c1-3-15-8-10(11(12)13-15)19(16,17)14(2)7-9-5-4-6-18-9/h8-9H,3-7H2,1-2H3,(H2,12,13). The van der Waals surface area contributed by atoms with Crippen molar-refractivity contribution in [1.29, 1.82) is 0 Å². The molecule has 0 amide bonds. The zero-order chi connectivity index (χ0) is 14.0. The Balaban J connectivity index is 2.17. The Bertz CT molecular complexity index is 534. The lowest BCUT2D eigenvalue weighted by atomic mass is 10.2. The van der Waals surface area contributed by atoms with Gasteiger partial charge in [0.05, 0.1) is 6.10 Å². The molecule has 1 aromatic rings. The van der Waals surface area contributed by atoms with E-state index in [1.807, 2.05) is 6.92 Å². The number of nitrogen functional groups attached to an aromatic ring is 1. The van der Waals surface area contributed by atoms with E-state index in [1.54, 1.807) is 7.05 Å². The van der Waals surface area contributed by atoms with Gasteiger partial charge >= 0.3 is 0 Å².